The number of ether oxygens (including phenoxy) is 1. The van der Waals surface area contributed by atoms with E-state index in [-0.39, 0.29) is 25.1 Å². The van der Waals surface area contributed by atoms with E-state index in [4.69, 9.17) is 9.57 Å². The summed E-state index contributed by atoms with van der Waals surface area (Å²) >= 11 is 0. The lowest BCUT2D eigenvalue weighted by atomic mass is 9.98. The van der Waals surface area contributed by atoms with Crippen LogP contribution in [0.3, 0.4) is 0 Å². The fourth-order valence-corrected chi connectivity index (χ4v) is 5.50. The van der Waals surface area contributed by atoms with Crippen molar-refractivity contribution in [2.24, 2.45) is 5.92 Å². The van der Waals surface area contributed by atoms with Gasteiger partial charge in [0.05, 0.1) is 18.8 Å². The summed E-state index contributed by atoms with van der Waals surface area (Å²) in [6.45, 7) is 6.97. The molecular formula is C31H41N5O7. The standard InChI is InChI=1S/C31H41N5O7/c1-17(2)14-25(28(38)35-26(18(3)37)29(39)32-5)33-16-34-30(40)27-19(4)43-36(27)31(41)42-15-24-22-12-8-6-10-20(22)21-11-7-9-13-23(21)24/h6-13,17-19,24-27,33,37H,14-16H2,1-5H3,(H,32,39)(H,34,40)(H,35,38)/t18-,19-,25+,26+,27+/m1/s1. The number of nitrogens with zero attached hydrogens (tertiary/aromatic N) is 1. The van der Waals surface area contributed by atoms with E-state index in [1.165, 1.54) is 14.0 Å². The van der Waals surface area contributed by atoms with Gasteiger partial charge in [0.2, 0.25) is 17.7 Å². The van der Waals surface area contributed by atoms with Gasteiger partial charge in [-0.1, -0.05) is 62.4 Å². The van der Waals surface area contributed by atoms with Crippen molar-refractivity contribution in [1.82, 2.24) is 26.3 Å². The number of rotatable bonds is 12. The van der Waals surface area contributed by atoms with Crippen molar-refractivity contribution >= 4 is 23.8 Å². The van der Waals surface area contributed by atoms with Gasteiger partial charge in [-0.05, 0) is 48.4 Å². The summed E-state index contributed by atoms with van der Waals surface area (Å²) < 4.78 is 5.64. The zero-order valence-electron chi connectivity index (χ0n) is 25.1. The zero-order chi connectivity index (χ0) is 31.3. The summed E-state index contributed by atoms with van der Waals surface area (Å²) in [5, 5.41) is 21.6. The third-order valence-corrected chi connectivity index (χ3v) is 7.71. The average Bonchev–Trinajstić information content (AvgIpc) is 3.29. The molecular weight excluding hydrogens is 554 g/mol. The molecule has 5 atom stereocenters. The Kier molecular flexibility index (Phi) is 10.4. The molecule has 12 heteroatoms. The second-order valence-electron chi connectivity index (χ2n) is 11.3. The van der Waals surface area contributed by atoms with Crippen molar-refractivity contribution in [2.45, 2.75) is 70.4 Å². The molecule has 4 amide bonds. The SMILES string of the molecule is CNC(=O)[C@@H](NC(=O)[C@H](CC(C)C)NCNC(=O)[C@@H]1[C@@H](C)ON1C(=O)OCC1c2ccccc2-c2ccccc21)[C@@H](C)O. The van der Waals surface area contributed by atoms with E-state index in [2.05, 4.69) is 21.3 Å². The van der Waals surface area contributed by atoms with Gasteiger partial charge in [0.1, 0.15) is 18.8 Å². The van der Waals surface area contributed by atoms with Crippen LogP contribution in [-0.2, 0) is 24.0 Å². The maximum atomic E-state index is 13.0. The first-order valence-corrected chi connectivity index (χ1v) is 14.6. The summed E-state index contributed by atoms with van der Waals surface area (Å²) in [6, 6.07) is 13.2. The van der Waals surface area contributed by atoms with Crippen molar-refractivity contribution in [2.75, 3.05) is 20.3 Å². The van der Waals surface area contributed by atoms with Gasteiger partial charge in [0, 0.05) is 13.0 Å². The molecule has 1 saturated heterocycles. The number of hydrogen-bond acceptors (Lipinski definition) is 8. The van der Waals surface area contributed by atoms with Crippen molar-refractivity contribution in [3.8, 4) is 11.1 Å². The van der Waals surface area contributed by atoms with Crippen LogP contribution in [0, 0.1) is 5.92 Å². The Morgan fingerprint density at radius 3 is 2.12 bits per heavy atom. The predicted octanol–water partition coefficient (Wildman–Crippen LogP) is 1.63. The van der Waals surface area contributed by atoms with Crippen molar-refractivity contribution in [3.63, 3.8) is 0 Å². The van der Waals surface area contributed by atoms with Crippen LogP contribution in [-0.4, -0.2) is 84.6 Å². The van der Waals surface area contributed by atoms with Gasteiger partial charge in [-0.3, -0.25) is 24.5 Å². The largest absolute Gasteiger partial charge is 0.447 e. The van der Waals surface area contributed by atoms with Gasteiger partial charge in [-0.15, -0.1) is 0 Å². The Morgan fingerprint density at radius 2 is 1.58 bits per heavy atom. The number of carbonyl (C=O) groups is 4. The van der Waals surface area contributed by atoms with Gasteiger partial charge < -0.3 is 25.8 Å². The first-order chi connectivity index (χ1) is 20.5. The van der Waals surface area contributed by atoms with Crippen molar-refractivity contribution in [3.05, 3.63) is 59.7 Å². The molecule has 0 bridgehead atoms. The molecule has 43 heavy (non-hydrogen) atoms. The third kappa shape index (κ3) is 7.15. The summed E-state index contributed by atoms with van der Waals surface area (Å²) in [5.41, 5.74) is 4.36. The minimum absolute atomic E-state index is 0.0787. The Morgan fingerprint density at radius 1 is 0.977 bits per heavy atom. The molecule has 2 aliphatic rings. The molecule has 5 N–H and O–H groups in total. The van der Waals surface area contributed by atoms with Gasteiger partial charge in [0.25, 0.3) is 0 Å². The molecule has 0 spiro atoms. The van der Waals surface area contributed by atoms with E-state index in [1.807, 2.05) is 62.4 Å². The number of likely N-dealkylation sites (N-methyl/N-ethyl adjacent to an activating group) is 1. The smallest absolute Gasteiger partial charge is 0.434 e. The quantitative estimate of drug-likeness (QED) is 0.232. The summed E-state index contributed by atoms with van der Waals surface area (Å²) in [6.07, 6.45) is -2.01. The Bertz CT molecular complexity index is 1290. The third-order valence-electron chi connectivity index (χ3n) is 7.71. The van der Waals surface area contributed by atoms with Crippen LogP contribution in [0.5, 0.6) is 0 Å². The molecule has 1 fully saturated rings. The Labute approximate surface area is 251 Å². The van der Waals surface area contributed by atoms with Crippen LogP contribution in [0.1, 0.15) is 51.2 Å². The van der Waals surface area contributed by atoms with Gasteiger partial charge in [-0.2, -0.15) is 5.06 Å². The van der Waals surface area contributed by atoms with Gasteiger partial charge in [-0.25, -0.2) is 4.79 Å². The van der Waals surface area contributed by atoms with E-state index in [1.54, 1.807) is 6.92 Å². The fraction of sp³-hybridized carbons (Fsp3) is 0.484. The van der Waals surface area contributed by atoms with E-state index < -0.39 is 54.1 Å². The second-order valence-corrected chi connectivity index (χ2v) is 11.3. The number of amides is 4. The lowest BCUT2D eigenvalue weighted by Crippen LogP contribution is -2.66. The average molecular weight is 596 g/mol. The lowest BCUT2D eigenvalue weighted by Gasteiger charge is -2.42. The van der Waals surface area contributed by atoms with Crippen molar-refractivity contribution < 1.29 is 33.9 Å². The highest BCUT2D eigenvalue weighted by Crippen LogP contribution is 2.44. The second kappa shape index (κ2) is 14.0. The van der Waals surface area contributed by atoms with Gasteiger partial charge >= 0.3 is 6.09 Å². The number of aliphatic hydroxyl groups is 1. The number of nitrogens with one attached hydrogen (secondary N) is 4. The minimum Gasteiger partial charge on any atom is -0.447 e. The van der Waals surface area contributed by atoms with Gasteiger partial charge in [0.15, 0.2) is 6.04 Å². The molecule has 1 aliphatic carbocycles. The van der Waals surface area contributed by atoms with Crippen LogP contribution in [0.25, 0.3) is 11.1 Å². The molecule has 0 aromatic heterocycles. The van der Waals surface area contributed by atoms with Crippen LogP contribution >= 0.6 is 0 Å². The molecule has 4 rings (SSSR count). The van der Waals surface area contributed by atoms with E-state index in [9.17, 15) is 24.3 Å². The molecule has 0 saturated carbocycles. The number of fused-ring (bicyclic) bond motifs is 3. The first-order valence-electron chi connectivity index (χ1n) is 14.6. The monoisotopic (exact) mass is 595 g/mol. The highest BCUT2D eigenvalue weighted by Gasteiger charge is 2.47. The summed E-state index contributed by atoms with van der Waals surface area (Å²) in [5.74, 6) is -1.50. The molecule has 0 radical (unpaired) electrons. The normalized spacial score (nSPS) is 19.4. The summed E-state index contributed by atoms with van der Waals surface area (Å²) in [7, 11) is 1.42. The molecule has 2 aromatic rings. The molecule has 2 aromatic carbocycles. The topological polar surface area (TPSA) is 158 Å². The lowest BCUT2D eigenvalue weighted by molar-refractivity contribution is -0.294. The number of hydrogen-bond donors (Lipinski definition) is 5. The maximum absolute atomic E-state index is 13.0. The van der Waals surface area contributed by atoms with E-state index in [0.29, 0.717) is 6.42 Å². The number of carbonyl (C=O) groups excluding carboxylic acids is 4. The minimum atomic E-state index is -1.12. The van der Waals surface area contributed by atoms with Crippen LogP contribution in [0.15, 0.2) is 48.5 Å². The highest BCUT2D eigenvalue weighted by atomic mass is 16.8. The van der Waals surface area contributed by atoms with Crippen LogP contribution < -0.4 is 21.3 Å². The molecule has 1 aliphatic heterocycles. The molecule has 0 unspecified atom stereocenters. The molecule has 1 heterocycles. The Balaban J connectivity index is 1.32. The number of hydroxylamine groups is 2. The zero-order valence-corrected chi connectivity index (χ0v) is 25.1. The Hall–Kier alpha value is -4.00. The molecule has 232 valence electrons. The molecule has 12 nitrogen and oxygen atoms in total. The fourth-order valence-electron chi connectivity index (χ4n) is 5.50. The first kappa shape index (κ1) is 31.9. The predicted molar refractivity (Wildman–Crippen MR) is 158 cm³/mol. The highest BCUT2D eigenvalue weighted by molar-refractivity contribution is 5.90. The van der Waals surface area contributed by atoms with E-state index >= 15 is 0 Å². The number of aliphatic hydroxyl groups excluding tert-OH is 1. The maximum Gasteiger partial charge on any atom is 0.434 e. The van der Waals surface area contributed by atoms with Crippen molar-refractivity contribution in [1.29, 1.82) is 0 Å². The van der Waals surface area contributed by atoms with E-state index in [0.717, 1.165) is 27.3 Å². The van der Waals surface area contributed by atoms with Crippen LogP contribution in [0.4, 0.5) is 4.79 Å². The van der Waals surface area contributed by atoms with Crippen LogP contribution in [0.2, 0.25) is 0 Å². The number of benzene rings is 2. The summed E-state index contributed by atoms with van der Waals surface area (Å²) in [4.78, 5) is 56.5.